The third-order valence-electron chi connectivity index (χ3n) is 8.25. The van der Waals surface area contributed by atoms with Crippen LogP contribution in [0.2, 0.25) is 0 Å². The maximum atomic E-state index is 4.94. The first-order valence-corrected chi connectivity index (χ1v) is 14.3. The van der Waals surface area contributed by atoms with Crippen molar-refractivity contribution >= 4 is 70.4 Å². The van der Waals surface area contributed by atoms with E-state index in [4.69, 9.17) is 4.98 Å². The number of fused-ring (bicyclic) bond motifs is 10. The van der Waals surface area contributed by atoms with Crippen molar-refractivity contribution in [1.29, 1.82) is 0 Å². The van der Waals surface area contributed by atoms with E-state index in [0.29, 0.717) is 0 Å². The normalized spacial score (nSPS) is 13.3. The lowest BCUT2D eigenvalue weighted by Crippen LogP contribution is -2.03. The predicted octanol–water partition coefficient (Wildman–Crippen LogP) is 9.45. The molecule has 0 aliphatic heterocycles. The smallest absolute Gasteiger partial charge is 0.126 e. The van der Waals surface area contributed by atoms with Crippen LogP contribution in [0.4, 0.5) is 0 Å². The number of pyridine rings is 1. The van der Waals surface area contributed by atoms with E-state index in [2.05, 4.69) is 125 Å². The van der Waals surface area contributed by atoms with Crippen LogP contribution in [0.1, 0.15) is 17.7 Å². The number of hydrogen-bond donors (Lipinski definition) is 0. The third-order valence-corrected chi connectivity index (χ3v) is 9.33. The fourth-order valence-corrected chi connectivity index (χ4v) is 7.65. The number of para-hydroxylation sites is 2. The molecular formula is C35H23N3S. The molecule has 4 aromatic heterocycles. The highest BCUT2D eigenvalue weighted by Gasteiger charge is 2.23. The molecule has 0 atom stereocenters. The Morgan fingerprint density at radius 1 is 0.641 bits per heavy atom. The highest BCUT2D eigenvalue weighted by Crippen LogP contribution is 2.42. The van der Waals surface area contributed by atoms with Crippen molar-refractivity contribution in [3.63, 3.8) is 0 Å². The van der Waals surface area contributed by atoms with E-state index in [0.717, 1.165) is 17.7 Å². The van der Waals surface area contributed by atoms with E-state index in [1.54, 1.807) is 11.3 Å². The highest BCUT2D eigenvalue weighted by molar-refractivity contribution is 7.25. The molecule has 0 saturated heterocycles. The first kappa shape index (κ1) is 21.3. The van der Waals surface area contributed by atoms with Gasteiger partial charge in [0.25, 0.3) is 0 Å². The largest absolute Gasteiger partial charge is 0.312 e. The third kappa shape index (κ3) is 2.89. The van der Waals surface area contributed by atoms with E-state index in [1.807, 2.05) is 0 Å². The highest BCUT2D eigenvalue weighted by atomic mass is 32.1. The summed E-state index contributed by atoms with van der Waals surface area (Å²) in [6.07, 6.45) is 8.77. The molecule has 1 aliphatic carbocycles. The number of allylic oxidation sites excluding steroid dienone is 1. The summed E-state index contributed by atoms with van der Waals surface area (Å²) in [5, 5.41) is 6.37. The number of benzene rings is 4. The van der Waals surface area contributed by atoms with Crippen LogP contribution in [0.3, 0.4) is 0 Å². The van der Waals surface area contributed by atoms with Gasteiger partial charge in [-0.15, -0.1) is 11.3 Å². The van der Waals surface area contributed by atoms with Crippen LogP contribution >= 0.6 is 11.3 Å². The molecule has 4 aromatic carbocycles. The lowest BCUT2D eigenvalue weighted by molar-refractivity contribution is 0.889. The van der Waals surface area contributed by atoms with Crippen molar-refractivity contribution < 1.29 is 0 Å². The maximum absolute atomic E-state index is 4.94. The zero-order valence-electron chi connectivity index (χ0n) is 21.1. The minimum Gasteiger partial charge on any atom is -0.312 e. The standard InChI is InChI=1S/C35H23N3S/c1-5-13-29-24(9-1)25-10-2-6-14-30(25)37(29)22-17-19-23(20-18-22)38-31-15-7-3-11-26(31)28-21-36-35-33(34(28)38)27-12-4-8-16-32(27)39-35/h1-6,8-14,16-21H,7,15H2. The molecule has 3 nitrogen and oxygen atoms in total. The summed E-state index contributed by atoms with van der Waals surface area (Å²) in [7, 11) is 0. The summed E-state index contributed by atoms with van der Waals surface area (Å²) in [6, 6.07) is 35.2. The van der Waals surface area contributed by atoms with Gasteiger partial charge in [-0.2, -0.15) is 0 Å². The van der Waals surface area contributed by atoms with Gasteiger partial charge in [0.05, 0.1) is 16.6 Å². The Morgan fingerprint density at radius 3 is 2.03 bits per heavy atom. The lowest BCUT2D eigenvalue weighted by Gasteiger charge is -2.15. The summed E-state index contributed by atoms with van der Waals surface area (Å²) in [4.78, 5) is 6.04. The van der Waals surface area contributed by atoms with Crippen LogP contribution in [0.5, 0.6) is 0 Å². The average molecular weight is 518 g/mol. The quantitative estimate of drug-likeness (QED) is 0.224. The zero-order valence-corrected chi connectivity index (χ0v) is 22.0. The Morgan fingerprint density at radius 2 is 1.28 bits per heavy atom. The van der Waals surface area contributed by atoms with Gasteiger partial charge < -0.3 is 9.13 Å². The van der Waals surface area contributed by atoms with Gasteiger partial charge >= 0.3 is 0 Å². The van der Waals surface area contributed by atoms with Crippen LogP contribution in [-0.4, -0.2) is 14.1 Å². The Labute approximate surface area is 228 Å². The first-order chi connectivity index (χ1) is 19.4. The van der Waals surface area contributed by atoms with Gasteiger partial charge in [-0.25, -0.2) is 4.98 Å². The van der Waals surface area contributed by atoms with Gasteiger partial charge in [0, 0.05) is 60.5 Å². The maximum Gasteiger partial charge on any atom is 0.126 e. The van der Waals surface area contributed by atoms with Crippen molar-refractivity contribution in [1.82, 2.24) is 14.1 Å². The van der Waals surface area contributed by atoms with Crippen LogP contribution in [0, 0.1) is 0 Å². The fourth-order valence-electron chi connectivity index (χ4n) is 6.60. The molecule has 0 bridgehead atoms. The van der Waals surface area contributed by atoms with E-state index >= 15 is 0 Å². The molecule has 0 unspecified atom stereocenters. The second kappa shape index (κ2) is 7.92. The molecule has 0 radical (unpaired) electrons. The summed E-state index contributed by atoms with van der Waals surface area (Å²) in [5.74, 6) is 0. The van der Waals surface area contributed by atoms with Crippen molar-refractivity contribution in [3.8, 4) is 11.4 Å². The van der Waals surface area contributed by atoms with Gasteiger partial charge in [0.2, 0.25) is 0 Å². The van der Waals surface area contributed by atoms with Crippen molar-refractivity contribution in [2.75, 3.05) is 0 Å². The second-order valence-corrected chi connectivity index (χ2v) is 11.4. The van der Waals surface area contributed by atoms with Crippen molar-refractivity contribution in [2.45, 2.75) is 12.8 Å². The van der Waals surface area contributed by atoms with Crippen molar-refractivity contribution in [3.05, 3.63) is 121 Å². The van der Waals surface area contributed by atoms with E-state index in [-0.39, 0.29) is 0 Å². The number of thiophene rings is 1. The van der Waals surface area contributed by atoms with Crippen LogP contribution in [0.25, 0.3) is 70.5 Å². The van der Waals surface area contributed by atoms with Gasteiger partial charge in [-0.1, -0.05) is 66.7 Å². The number of aromatic nitrogens is 3. The van der Waals surface area contributed by atoms with Gasteiger partial charge in [0.15, 0.2) is 0 Å². The van der Waals surface area contributed by atoms with Crippen LogP contribution < -0.4 is 0 Å². The molecule has 184 valence electrons. The topological polar surface area (TPSA) is 22.8 Å². The Bertz CT molecular complexity index is 2220. The molecule has 0 amide bonds. The minimum absolute atomic E-state index is 1.03. The average Bonchev–Trinajstić information content (AvgIpc) is 3.65. The molecule has 9 rings (SSSR count). The van der Waals surface area contributed by atoms with Gasteiger partial charge in [-0.3, -0.25) is 0 Å². The molecule has 8 aromatic rings. The SMILES string of the molecule is C1=Cc2c(n(-c3ccc(-n4c5ccccc5c5ccccc54)cc3)c3c2cnc2sc4ccccc4c23)CC1. The number of hydrogen-bond acceptors (Lipinski definition) is 2. The molecule has 39 heavy (non-hydrogen) atoms. The van der Waals surface area contributed by atoms with E-state index in [9.17, 15) is 0 Å². The Kier molecular flexibility index (Phi) is 4.32. The zero-order chi connectivity index (χ0) is 25.5. The molecule has 0 spiro atoms. The second-order valence-electron chi connectivity index (χ2n) is 10.3. The van der Waals surface area contributed by atoms with Crippen LogP contribution in [-0.2, 0) is 6.42 Å². The summed E-state index contributed by atoms with van der Waals surface area (Å²) < 4.78 is 6.18. The molecular weight excluding hydrogens is 494 g/mol. The predicted molar refractivity (Wildman–Crippen MR) is 166 cm³/mol. The monoisotopic (exact) mass is 517 g/mol. The Balaban J connectivity index is 1.32. The molecule has 4 heterocycles. The van der Waals surface area contributed by atoms with Gasteiger partial charge in [-0.05, 0) is 55.3 Å². The minimum atomic E-state index is 1.03. The summed E-state index contributed by atoms with van der Waals surface area (Å²) in [5.41, 5.74) is 8.81. The van der Waals surface area contributed by atoms with Gasteiger partial charge in [0.1, 0.15) is 4.83 Å². The first-order valence-electron chi connectivity index (χ1n) is 13.5. The van der Waals surface area contributed by atoms with E-state index < -0.39 is 0 Å². The Hall–Kier alpha value is -4.67. The molecule has 0 fully saturated rings. The summed E-state index contributed by atoms with van der Waals surface area (Å²) in [6.45, 7) is 0. The lowest BCUT2D eigenvalue weighted by atomic mass is 10.0. The molecule has 0 saturated carbocycles. The van der Waals surface area contributed by atoms with Crippen LogP contribution in [0.15, 0.2) is 109 Å². The fraction of sp³-hybridized carbons (Fsp3) is 0.0571. The van der Waals surface area contributed by atoms with E-state index in [1.165, 1.54) is 70.8 Å². The summed E-state index contributed by atoms with van der Waals surface area (Å²) >= 11 is 1.78. The number of nitrogens with zero attached hydrogens (tertiary/aromatic N) is 3. The molecule has 4 heteroatoms. The molecule has 0 N–H and O–H groups in total. The van der Waals surface area contributed by atoms with Crippen molar-refractivity contribution in [2.24, 2.45) is 0 Å². The number of rotatable bonds is 2. The molecule has 1 aliphatic rings.